The molecule has 0 radical (unpaired) electrons. The summed E-state index contributed by atoms with van der Waals surface area (Å²) >= 11 is 12.6. The van der Waals surface area contributed by atoms with Crippen molar-refractivity contribution in [2.45, 2.75) is 32.1 Å². The fourth-order valence-corrected chi connectivity index (χ4v) is 4.96. The molecule has 2 amide bonds. The van der Waals surface area contributed by atoms with Gasteiger partial charge in [-0.3, -0.25) is 24.9 Å². The Balaban J connectivity index is 1.36. The Labute approximate surface area is 203 Å². The zero-order chi connectivity index (χ0) is 23.5. The molecule has 1 aromatic carbocycles. The minimum absolute atomic E-state index is 0.0109. The van der Waals surface area contributed by atoms with E-state index in [2.05, 4.69) is 20.6 Å². The molecule has 12 heteroatoms. The number of aromatic amines is 1. The quantitative estimate of drug-likeness (QED) is 0.516. The summed E-state index contributed by atoms with van der Waals surface area (Å²) in [4.78, 5) is 43.8. The van der Waals surface area contributed by atoms with Crippen molar-refractivity contribution < 1.29 is 9.59 Å². The molecule has 172 valence electrons. The van der Waals surface area contributed by atoms with Crippen LogP contribution in [0.2, 0.25) is 5.02 Å². The van der Waals surface area contributed by atoms with E-state index in [1.54, 1.807) is 11.4 Å². The Bertz CT molecular complexity index is 1310. The zero-order valence-electron chi connectivity index (χ0n) is 17.7. The van der Waals surface area contributed by atoms with Crippen molar-refractivity contribution in [3.8, 4) is 0 Å². The normalized spacial score (nSPS) is 14.3. The van der Waals surface area contributed by atoms with Gasteiger partial charge >= 0.3 is 0 Å². The number of hydrogen-bond acceptors (Lipinski definition) is 7. The number of amides is 2. The average Bonchev–Trinajstić information content (AvgIpc) is 3.31. The third kappa shape index (κ3) is 5.21. The second-order valence-electron chi connectivity index (χ2n) is 7.69. The first-order valence-electron chi connectivity index (χ1n) is 10.3. The Morgan fingerprint density at radius 1 is 1.30 bits per heavy atom. The summed E-state index contributed by atoms with van der Waals surface area (Å²) in [5.41, 5.74) is 3.18. The van der Waals surface area contributed by atoms with Crippen LogP contribution in [0.15, 0.2) is 34.4 Å². The highest BCUT2D eigenvalue weighted by atomic mass is 35.5. The monoisotopic (exact) mass is 504 g/mol. The van der Waals surface area contributed by atoms with Crippen LogP contribution in [0.3, 0.4) is 0 Å². The summed E-state index contributed by atoms with van der Waals surface area (Å²) < 4.78 is 0.936. The van der Waals surface area contributed by atoms with Crippen molar-refractivity contribution in [3.05, 3.63) is 71.8 Å². The van der Waals surface area contributed by atoms with E-state index < -0.39 is 11.5 Å². The number of rotatable bonds is 5. The fraction of sp³-hybridized carbons (Fsp3) is 0.333. The number of aryl methyl sites for hydroxylation is 1. The zero-order valence-corrected chi connectivity index (χ0v) is 20.1. The summed E-state index contributed by atoms with van der Waals surface area (Å²) in [6.07, 6.45) is 1.80. The van der Waals surface area contributed by atoms with Crippen molar-refractivity contribution in [2.75, 3.05) is 18.5 Å². The molecule has 1 aliphatic heterocycles. The van der Waals surface area contributed by atoms with Gasteiger partial charge in [-0.15, -0.1) is 11.3 Å². The highest BCUT2D eigenvalue weighted by molar-refractivity contribution is 7.71. The highest BCUT2D eigenvalue weighted by Crippen LogP contribution is 2.30. The van der Waals surface area contributed by atoms with Crippen LogP contribution in [0.4, 0.5) is 0 Å². The van der Waals surface area contributed by atoms with E-state index in [0.717, 1.165) is 28.1 Å². The van der Waals surface area contributed by atoms with Gasteiger partial charge in [0.2, 0.25) is 10.7 Å². The molecule has 0 saturated carbocycles. The Hall–Kier alpha value is -2.89. The van der Waals surface area contributed by atoms with Crippen molar-refractivity contribution in [1.82, 2.24) is 24.8 Å². The summed E-state index contributed by atoms with van der Waals surface area (Å²) in [7, 11) is 0. The van der Waals surface area contributed by atoms with Crippen LogP contribution in [0.1, 0.15) is 45.5 Å². The molecule has 2 N–H and O–H groups in total. The van der Waals surface area contributed by atoms with Crippen molar-refractivity contribution in [1.29, 1.82) is 0 Å². The number of thiazole rings is 1. The molecule has 1 aliphatic rings. The number of carbonyl (C=O) groups excluding carboxylic acids is 2. The number of H-pyrrole nitrogens is 1. The number of hydrogen-bond donors (Lipinski definition) is 2. The Kier molecular flexibility index (Phi) is 7.01. The number of aromatic nitrogens is 4. The van der Waals surface area contributed by atoms with Crippen LogP contribution in [-0.4, -0.2) is 49.7 Å². The van der Waals surface area contributed by atoms with Crippen molar-refractivity contribution in [2.24, 2.45) is 0 Å². The second kappa shape index (κ2) is 9.94. The molecule has 2 aromatic heterocycles. The summed E-state index contributed by atoms with van der Waals surface area (Å²) in [6, 6.07) is 7.36. The minimum Gasteiger partial charge on any atom is -0.342 e. The first-order chi connectivity index (χ1) is 15.8. The van der Waals surface area contributed by atoms with Gasteiger partial charge in [0.25, 0.3) is 11.5 Å². The maximum Gasteiger partial charge on any atom is 0.295 e. The van der Waals surface area contributed by atoms with Crippen LogP contribution in [-0.2, 0) is 11.2 Å². The number of piperidine rings is 1. The van der Waals surface area contributed by atoms with Gasteiger partial charge in [-0.1, -0.05) is 29.8 Å². The van der Waals surface area contributed by atoms with Crippen molar-refractivity contribution in [3.63, 3.8) is 0 Å². The van der Waals surface area contributed by atoms with E-state index in [-0.39, 0.29) is 34.4 Å². The van der Waals surface area contributed by atoms with E-state index in [9.17, 15) is 14.4 Å². The van der Waals surface area contributed by atoms with Crippen LogP contribution in [0.25, 0.3) is 0 Å². The number of nitrogens with one attached hydrogen (secondary N) is 2. The number of halogens is 1. The largest absolute Gasteiger partial charge is 0.342 e. The molecule has 1 fully saturated rings. The molecule has 4 rings (SSSR count). The smallest absolute Gasteiger partial charge is 0.295 e. The third-order valence-corrected chi connectivity index (χ3v) is 7.15. The average molecular weight is 505 g/mol. The highest BCUT2D eigenvalue weighted by Gasteiger charge is 2.26. The van der Waals surface area contributed by atoms with Crippen molar-refractivity contribution >= 4 is 47.0 Å². The van der Waals surface area contributed by atoms with E-state index in [0.29, 0.717) is 18.1 Å². The topological polar surface area (TPSA) is 113 Å². The van der Waals surface area contributed by atoms with Gasteiger partial charge in [0, 0.05) is 29.4 Å². The van der Waals surface area contributed by atoms with Crippen LogP contribution >= 0.6 is 35.2 Å². The van der Waals surface area contributed by atoms with Crippen LogP contribution < -0.4 is 11.0 Å². The molecule has 0 unspecified atom stereocenters. The van der Waals surface area contributed by atoms with Gasteiger partial charge in [-0.05, 0) is 43.6 Å². The molecular formula is C21H21ClN6O3S2. The first-order valence-corrected chi connectivity index (χ1v) is 12.0. The summed E-state index contributed by atoms with van der Waals surface area (Å²) in [5.74, 6) is -0.318. The maximum atomic E-state index is 12.7. The lowest BCUT2D eigenvalue weighted by molar-refractivity contribution is -0.131. The summed E-state index contributed by atoms with van der Waals surface area (Å²) in [6.45, 7) is 2.76. The molecule has 1 saturated heterocycles. The molecule has 0 atom stereocenters. The number of benzene rings is 1. The minimum atomic E-state index is -0.531. The van der Waals surface area contributed by atoms with Gasteiger partial charge in [0.05, 0.1) is 11.4 Å². The lowest BCUT2D eigenvalue weighted by Crippen LogP contribution is -2.38. The van der Waals surface area contributed by atoms with E-state index >= 15 is 0 Å². The molecule has 0 spiro atoms. The number of nitrogens with zero attached hydrogens (tertiary/aromatic N) is 4. The van der Waals surface area contributed by atoms with E-state index in [1.165, 1.54) is 18.3 Å². The number of likely N-dealkylation sites (tertiary alicyclic amines) is 1. The lowest BCUT2D eigenvalue weighted by Gasteiger charge is -2.31. The van der Waals surface area contributed by atoms with Gasteiger partial charge in [-0.2, -0.15) is 9.77 Å². The van der Waals surface area contributed by atoms with Crippen LogP contribution in [0, 0.1) is 11.7 Å². The Morgan fingerprint density at radius 3 is 2.76 bits per heavy atom. The predicted molar refractivity (Wildman–Crippen MR) is 128 cm³/mol. The molecule has 9 nitrogen and oxygen atoms in total. The van der Waals surface area contributed by atoms with Crippen LogP contribution in [0.5, 0.6) is 0 Å². The fourth-order valence-electron chi connectivity index (χ4n) is 3.62. The number of carbonyl (C=O) groups is 2. The van der Waals surface area contributed by atoms with Gasteiger partial charge in [0.15, 0.2) is 0 Å². The van der Waals surface area contributed by atoms with E-state index in [4.69, 9.17) is 23.8 Å². The predicted octanol–water partition coefficient (Wildman–Crippen LogP) is 3.05. The Morgan fingerprint density at radius 2 is 2.03 bits per heavy atom. The molecule has 33 heavy (non-hydrogen) atoms. The van der Waals surface area contributed by atoms with Gasteiger partial charge < -0.3 is 4.90 Å². The molecular weight excluding hydrogens is 484 g/mol. The molecule has 3 heterocycles. The summed E-state index contributed by atoms with van der Waals surface area (Å²) in [5, 5.41) is 9.37. The van der Waals surface area contributed by atoms with Gasteiger partial charge in [0.1, 0.15) is 11.4 Å². The maximum absolute atomic E-state index is 12.7. The van der Waals surface area contributed by atoms with E-state index in [1.807, 2.05) is 23.1 Å². The SMILES string of the molecule is Cc1n[nH]c(=S)n(NC(=O)c2csc(C3CCN(C(=O)Cc4ccccc4Cl)CC3)n2)c1=O. The van der Waals surface area contributed by atoms with Gasteiger partial charge in [-0.25, -0.2) is 4.98 Å². The standard InChI is InChI=1S/C21H21ClN6O3S2/c1-12-20(31)28(21(32)25-24-12)26-18(30)16-11-33-19(23-16)13-6-8-27(9-7-13)17(29)10-14-4-2-3-5-15(14)22/h2-5,11,13H,6-10H2,1H3,(H,25,32)(H,26,30). The lowest BCUT2D eigenvalue weighted by atomic mass is 9.97. The molecule has 0 aliphatic carbocycles. The third-order valence-electron chi connectivity index (χ3n) is 5.50. The molecule has 3 aromatic rings. The second-order valence-corrected chi connectivity index (χ2v) is 9.37. The first kappa shape index (κ1) is 23.3. The molecule has 0 bridgehead atoms.